The van der Waals surface area contributed by atoms with Crippen LogP contribution in [0.15, 0.2) is 42.5 Å². The molecule has 0 spiro atoms. The summed E-state index contributed by atoms with van der Waals surface area (Å²) in [6, 6.07) is 10.2. The molecule has 0 fully saturated rings. The van der Waals surface area contributed by atoms with Gasteiger partial charge in [-0.3, -0.25) is 0 Å². The number of ether oxygens (including phenoxy) is 1. The van der Waals surface area contributed by atoms with E-state index < -0.39 is 23.2 Å². The highest BCUT2D eigenvalue weighted by Crippen LogP contribution is 2.22. The zero-order valence-electron chi connectivity index (χ0n) is 11.9. The van der Waals surface area contributed by atoms with Crippen molar-refractivity contribution in [3.63, 3.8) is 0 Å². The Morgan fingerprint density at radius 2 is 1.67 bits per heavy atom. The maximum Gasteiger partial charge on any atom is 0.349 e. The Labute approximate surface area is 122 Å². The lowest BCUT2D eigenvalue weighted by atomic mass is 9.99. The van der Waals surface area contributed by atoms with Crippen LogP contribution in [0.4, 0.5) is 8.78 Å². The van der Waals surface area contributed by atoms with Crippen LogP contribution in [-0.2, 0) is 0 Å². The molecule has 2 rings (SSSR count). The van der Waals surface area contributed by atoms with E-state index >= 15 is 0 Å². The second-order valence-electron chi connectivity index (χ2n) is 4.86. The normalized spacial score (nSPS) is 12.0. The second-order valence-corrected chi connectivity index (χ2v) is 4.86. The van der Waals surface area contributed by atoms with Gasteiger partial charge in [0.1, 0.15) is 22.9 Å². The van der Waals surface area contributed by atoms with Crippen molar-refractivity contribution in [3.8, 4) is 5.75 Å². The molecule has 2 aromatic carbocycles. The third-order valence-electron chi connectivity index (χ3n) is 3.44. The molecule has 21 heavy (non-hydrogen) atoms. The zero-order chi connectivity index (χ0) is 15.4. The van der Waals surface area contributed by atoms with E-state index in [4.69, 9.17) is 4.74 Å². The van der Waals surface area contributed by atoms with E-state index in [1.54, 1.807) is 12.1 Å². The first kappa shape index (κ1) is 15.2. The summed E-state index contributed by atoms with van der Waals surface area (Å²) in [5.41, 5.74) is 0.442. The minimum Gasteiger partial charge on any atom is -0.423 e. The molecule has 0 aliphatic carbocycles. The molecular formula is C17H16F2O2. The Hall–Kier alpha value is -2.23. The summed E-state index contributed by atoms with van der Waals surface area (Å²) < 4.78 is 32.0. The summed E-state index contributed by atoms with van der Waals surface area (Å²) in [5, 5.41) is 0. The quantitative estimate of drug-likeness (QED) is 0.602. The van der Waals surface area contributed by atoms with Gasteiger partial charge in [0.05, 0.1) is 0 Å². The minimum absolute atomic E-state index is 0.259. The lowest BCUT2D eigenvalue weighted by Crippen LogP contribution is -2.13. The number of carbonyl (C=O) groups is 1. The minimum atomic E-state index is -1.04. The predicted molar refractivity (Wildman–Crippen MR) is 76.5 cm³/mol. The molecule has 0 bridgehead atoms. The van der Waals surface area contributed by atoms with Gasteiger partial charge in [0.2, 0.25) is 0 Å². The van der Waals surface area contributed by atoms with E-state index in [1.807, 2.05) is 12.1 Å². The third kappa shape index (κ3) is 3.45. The first-order chi connectivity index (χ1) is 10.0. The number of esters is 1. The maximum absolute atomic E-state index is 13.5. The van der Waals surface area contributed by atoms with Crippen molar-refractivity contribution in [1.29, 1.82) is 0 Å². The molecule has 2 nitrogen and oxygen atoms in total. The number of carbonyl (C=O) groups excluding carboxylic acids is 1. The Bertz CT molecular complexity index is 615. The summed E-state index contributed by atoms with van der Waals surface area (Å²) in [4.78, 5) is 11.8. The highest BCUT2D eigenvalue weighted by atomic mass is 19.1. The van der Waals surface area contributed by atoms with Gasteiger partial charge >= 0.3 is 5.97 Å². The van der Waals surface area contributed by atoms with Gasteiger partial charge in [-0.1, -0.05) is 32.0 Å². The Morgan fingerprint density at radius 3 is 2.19 bits per heavy atom. The highest BCUT2D eigenvalue weighted by molar-refractivity contribution is 5.91. The van der Waals surface area contributed by atoms with Crippen LogP contribution < -0.4 is 4.74 Å². The van der Waals surface area contributed by atoms with Gasteiger partial charge in [-0.15, -0.1) is 0 Å². The molecule has 2 aromatic rings. The van der Waals surface area contributed by atoms with E-state index in [9.17, 15) is 13.6 Å². The fraction of sp³-hybridized carbons (Fsp3) is 0.235. The molecule has 0 saturated carbocycles. The zero-order valence-corrected chi connectivity index (χ0v) is 11.9. The summed E-state index contributed by atoms with van der Waals surface area (Å²) in [5.74, 6) is -2.25. The fourth-order valence-electron chi connectivity index (χ4n) is 1.95. The summed E-state index contributed by atoms with van der Waals surface area (Å²) in [6.45, 7) is 4.18. The van der Waals surface area contributed by atoms with E-state index in [0.29, 0.717) is 5.92 Å². The average Bonchev–Trinajstić information content (AvgIpc) is 2.47. The van der Waals surface area contributed by atoms with Gasteiger partial charge in [-0.2, -0.15) is 0 Å². The van der Waals surface area contributed by atoms with Crippen LogP contribution in [0.5, 0.6) is 5.75 Å². The van der Waals surface area contributed by atoms with E-state index in [-0.39, 0.29) is 5.75 Å². The smallest absolute Gasteiger partial charge is 0.349 e. The van der Waals surface area contributed by atoms with Crippen LogP contribution in [-0.4, -0.2) is 5.97 Å². The average molecular weight is 290 g/mol. The van der Waals surface area contributed by atoms with Crippen molar-refractivity contribution in [2.45, 2.75) is 26.2 Å². The van der Waals surface area contributed by atoms with Crippen molar-refractivity contribution in [3.05, 3.63) is 65.2 Å². The SMILES string of the molecule is CCC(C)c1ccc(OC(=O)c2c(F)cccc2F)cc1. The molecule has 1 unspecified atom stereocenters. The van der Waals surface area contributed by atoms with Crippen molar-refractivity contribution in [2.24, 2.45) is 0 Å². The van der Waals surface area contributed by atoms with Gasteiger partial charge in [0.15, 0.2) is 0 Å². The molecule has 110 valence electrons. The van der Waals surface area contributed by atoms with Crippen LogP contribution in [0.2, 0.25) is 0 Å². The standard InChI is InChI=1S/C17H16F2O2/c1-3-11(2)12-7-9-13(10-8-12)21-17(20)16-14(18)5-4-6-15(16)19/h4-11H,3H2,1-2H3. The van der Waals surface area contributed by atoms with Gasteiger partial charge < -0.3 is 4.74 Å². The first-order valence-corrected chi connectivity index (χ1v) is 6.79. The number of benzene rings is 2. The Morgan fingerprint density at radius 1 is 1.10 bits per heavy atom. The number of halogens is 2. The van der Waals surface area contributed by atoms with Gasteiger partial charge in [-0.25, -0.2) is 13.6 Å². The van der Waals surface area contributed by atoms with E-state index in [0.717, 1.165) is 24.1 Å². The van der Waals surface area contributed by atoms with Gasteiger partial charge in [-0.05, 0) is 42.2 Å². The highest BCUT2D eigenvalue weighted by Gasteiger charge is 2.19. The molecule has 1 atom stereocenters. The van der Waals surface area contributed by atoms with Gasteiger partial charge in [0.25, 0.3) is 0 Å². The molecule has 0 saturated heterocycles. The molecule has 0 amide bonds. The second kappa shape index (κ2) is 6.48. The Balaban J connectivity index is 2.16. The molecular weight excluding hydrogens is 274 g/mol. The van der Waals surface area contributed by atoms with Crippen molar-refractivity contribution in [1.82, 2.24) is 0 Å². The van der Waals surface area contributed by atoms with Gasteiger partial charge in [0, 0.05) is 0 Å². The molecule has 0 heterocycles. The van der Waals surface area contributed by atoms with E-state index in [2.05, 4.69) is 13.8 Å². The molecule has 0 aliphatic heterocycles. The number of hydrogen-bond donors (Lipinski definition) is 0. The Kier molecular flexibility index (Phi) is 4.68. The molecule has 0 radical (unpaired) electrons. The van der Waals surface area contributed by atoms with Crippen LogP contribution in [0.25, 0.3) is 0 Å². The monoisotopic (exact) mass is 290 g/mol. The third-order valence-corrected chi connectivity index (χ3v) is 3.44. The fourth-order valence-corrected chi connectivity index (χ4v) is 1.95. The van der Waals surface area contributed by atoms with Crippen LogP contribution in [0.3, 0.4) is 0 Å². The molecule has 0 N–H and O–H groups in total. The maximum atomic E-state index is 13.5. The largest absolute Gasteiger partial charge is 0.423 e. The van der Waals surface area contributed by atoms with Crippen LogP contribution in [0.1, 0.15) is 42.1 Å². The van der Waals surface area contributed by atoms with Crippen molar-refractivity contribution >= 4 is 5.97 Å². The van der Waals surface area contributed by atoms with E-state index in [1.165, 1.54) is 6.07 Å². The summed E-state index contributed by atoms with van der Waals surface area (Å²) >= 11 is 0. The van der Waals surface area contributed by atoms with Crippen LogP contribution >= 0.6 is 0 Å². The summed E-state index contributed by atoms with van der Waals surface area (Å²) in [6.07, 6.45) is 1.000. The lowest BCUT2D eigenvalue weighted by Gasteiger charge is -2.10. The van der Waals surface area contributed by atoms with Crippen LogP contribution in [0, 0.1) is 11.6 Å². The van der Waals surface area contributed by atoms with Crippen molar-refractivity contribution < 1.29 is 18.3 Å². The summed E-state index contributed by atoms with van der Waals surface area (Å²) in [7, 11) is 0. The topological polar surface area (TPSA) is 26.3 Å². The molecule has 4 heteroatoms. The van der Waals surface area contributed by atoms with Crippen molar-refractivity contribution in [2.75, 3.05) is 0 Å². The first-order valence-electron chi connectivity index (χ1n) is 6.79. The predicted octanol–water partition coefficient (Wildman–Crippen LogP) is 4.70. The molecule has 0 aromatic heterocycles. The number of hydrogen-bond acceptors (Lipinski definition) is 2. The lowest BCUT2D eigenvalue weighted by molar-refractivity contribution is 0.0724. The molecule has 0 aliphatic rings. The number of rotatable bonds is 4.